The number of para-hydroxylation sites is 1. The highest BCUT2D eigenvalue weighted by atomic mass is 32.2. The molecule has 2 heterocycles. The van der Waals surface area contributed by atoms with Gasteiger partial charge in [0.15, 0.2) is 0 Å². The molecule has 0 radical (unpaired) electrons. The second kappa shape index (κ2) is 7.20. The molecule has 2 atom stereocenters. The number of amides is 3. The predicted octanol–water partition coefficient (Wildman–Crippen LogP) is -0.615. The molecular formula is C15H19N5O3S. The standard InChI is InChI=1S/C15H19N5O3S/c1-9-10(6-16-17-9)15(23)19-18-13(21)7-20-11-4-2-3-5-12(11)24-8-14(20)22/h2-5,9-10,16-17H,6-8H2,1H3,(H,18,21)(H,19,23). The first-order valence-electron chi connectivity index (χ1n) is 7.65. The number of thioether (sulfide) groups is 1. The van der Waals surface area contributed by atoms with Gasteiger partial charge in [0.25, 0.3) is 5.91 Å². The molecule has 2 aliphatic heterocycles. The van der Waals surface area contributed by atoms with Crippen LogP contribution in [0.2, 0.25) is 0 Å². The molecule has 0 bridgehead atoms. The summed E-state index contributed by atoms with van der Waals surface area (Å²) in [6, 6.07) is 7.43. The number of carbonyl (C=O) groups excluding carboxylic acids is 3. The van der Waals surface area contributed by atoms with Gasteiger partial charge in [0.2, 0.25) is 11.8 Å². The minimum atomic E-state index is -0.440. The van der Waals surface area contributed by atoms with Crippen molar-refractivity contribution in [2.24, 2.45) is 5.92 Å². The first kappa shape index (κ1) is 16.7. The van der Waals surface area contributed by atoms with Crippen molar-refractivity contribution in [3.63, 3.8) is 0 Å². The van der Waals surface area contributed by atoms with E-state index in [1.54, 1.807) is 0 Å². The fourth-order valence-electron chi connectivity index (χ4n) is 2.66. The molecule has 8 nitrogen and oxygen atoms in total. The Kier molecular flexibility index (Phi) is 5.03. The van der Waals surface area contributed by atoms with Crippen molar-refractivity contribution < 1.29 is 14.4 Å². The number of hydrogen-bond donors (Lipinski definition) is 4. The van der Waals surface area contributed by atoms with Crippen molar-refractivity contribution in [2.45, 2.75) is 17.9 Å². The van der Waals surface area contributed by atoms with E-state index in [0.29, 0.717) is 12.3 Å². The van der Waals surface area contributed by atoms with E-state index in [4.69, 9.17) is 0 Å². The Labute approximate surface area is 143 Å². The van der Waals surface area contributed by atoms with Crippen molar-refractivity contribution in [3.8, 4) is 0 Å². The predicted molar refractivity (Wildman–Crippen MR) is 89.9 cm³/mol. The Morgan fingerprint density at radius 3 is 2.88 bits per heavy atom. The SMILES string of the molecule is CC1NNCC1C(=O)NNC(=O)CN1C(=O)CSc2ccccc21. The Morgan fingerprint density at radius 1 is 1.33 bits per heavy atom. The van der Waals surface area contributed by atoms with Gasteiger partial charge >= 0.3 is 0 Å². The molecule has 128 valence electrons. The van der Waals surface area contributed by atoms with Gasteiger partial charge in [-0.15, -0.1) is 11.8 Å². The highest BCUT2D eigenvalue weighted by Gasteiger charge is 2.30. The molecule has 2 unspecified atom stereocenters. The molecular weight excluding hydrogens is 330 g/mol. The topological polar surface area (TPSA) is 103 Å². The zero-order chi connectivity index (χ0) is 17.1. The van der Waals surface area contributed by atoms with Crippen LogP contribution in [0.4, 0.5) is 5.69 Å². The van der Waals surface area contributed by atoms with Crippen LogP contribution in [0.3, 0.4) is 0 Å². The number of benzene rings is 1. The third kappa shape index (κ3) is 3.53. The van der Waals surface area contributed by atoms with E-state index < -0.39 is 5.91 Å². The molecule has 24 heavy (non-hydrogen) atoms. The average molecular weight is 349 g/mol. The van der Waals surface area contributed by atoms with Crippen LogP contribution in [-0.2, 0) is 14.4 Å². The van der Waals surface area contributed by atoms with Gasteiger partial charge in [0.05, 0.1) is 17.4 Å². The molecule has 3 amide bonds. The van der Waals surface area contributed by atoms with Gasteiger partial charge in [-0.1, -0.05) is 12.1 Å². The smallest absolute Gasteiger partial charge is 0.258 e. The highest BCUT2D eigenvalue weighted by molar-refractivity contribution is 8.00. The third-order valence-corrected chi connectivity index (χ3v) is 5.07. The van der Waals surface area contributed by atoms with Gasteiger partial charge in [-0.2, -0.15) is 0 Å². The van der Waals surface area contributed by atoms with E-state index in [1.165, 1.54) is 16.7 Å². The van der Waals surface area contributed by atoms with Crippen LogP contribution in [0.1, 0.15) is 6.92 Å². The fraction of sp³-hybridized carbons (Fsp3) is 0.400. The zero-order valence-electron chi connectivity index (χ0n) is 13.2. The van der Waals surface area contributed by atoms with E-state index >= 15 is 0 Å². The number of nitrogens with zero attached hydrogens (tertiary/aromatic N) is 1. The fourth-order valence-corrected chi connectivity index (χ4v) is 3.60. The van der Waals surface area contributed by atoms with Crippen molar-refractivity contribution in [2.75, 3.05) is 23.7 Å². The van der Waals surface area contributed by atoms with Gasteiger partial charge in [-0.05, 0) is 19.1 Å². The Bertz CT molecular complexity index is 668. The van der Waals surface area contributed by atoms with Gasteiger partial charge in [0, 0.05) is 17.5 Å². The van der Waals surface area contributed by atoms with Crippen LogP contribution in [0.15, 0.2) is 29.2 Å². The number of anilines is 1. The second-order valence-corrected chi connectivity index (χ2v) is 6.71. The van der Waals surface area contributed by atoms with Crippen LogP contribution >= 0.6 is 11.8 Å². The van der Waals surface area contributed by atoms with Gasteiger partial charge < -0.3 is 4.90 Å². The van der Waals surface area contributed by atoms with E-state index in [-0.39, 0.29) is 30.3 Å². The molecule has 1 aromatic rings. The number of rotatable bonds is 3. The summed E-state index contributed by atoms with van der Waals surface area (Å²) in [6.07, 6.45) is 0. The Morgan fingerprint density at radius 2 is 2.12 bits per heavy atom. The lowest BCUT2D eigenvalue weighted by Gasteiger charge is -2.28. The Hall–Kier alpha value is -2.10. The molecule has 4 N–H and O–H groups in total. The number of nitrogens with one attached hydrogen (secondary N) is 4. The number of hydrogen-bond acceptors (Lipinski definition) is 6. The molecule has 3 rings (SSSR count). The summed E-state index contributed by atoms with van der Waals surface area (Å²) in [5.74, 6) is -0.801. The molecule has 1 aromatic carbocycles. The lowest BCUT2D eigenvalue weighted by Crippen LogP contribution is -2.51. The van der Waals surface area contributed by atoms with Crippen molar-refractivity contribution >= 4 is 35.2 Å². The highest BCUT2D eigenvalue weighted by Crippen LogP contribution is 2.34. The first-order valence-corrected chi connectivity index (χ1v) is 8.64. The maximum Gasteiger partial charge on any atom is 0.258 e. The van der Waals surface area contributed by atoms with Gasteiger partial charge in [0.1, 0.15) is 6.54 Å². The summed E-state index contributed by atoms with van der Waals surface area (Å²) < 4.78 is 0. The van der Waals surface area contributed by atoms with E-state index in [1.807, 2.05) is 31.2 Å². The summed E-state index contributed by atoms with van der Waals surface area (Å²) in [5, 5.41) is 0. The second-order valence-electron chi connectivity index (χ2n) is 5.69. The third-order valence-electron chi connectivity index (χ3n) is 4.03. The summed E-state index contributed by atoms with van der Waals surface area (Å²) >= 11 is 1.46. The lowest BCUT2D eigenvalue weighted by molar-refractivity contribution is -0.130. The summed E-state index contributed by atoms with van der Waals surface area (Å²) in [5.41, 5.74) is 11.4. The molecule has 1 saturated heterocycles. The van der Waals surface area contributed by atoms with E-state index in [2.05, 4.69) is 21.7 Å². The molecule has 0 spiro atoms. The number of fused-ring (bicyclic) bond motifs is 1. The summed E-state index contributed by atoms with van der Waals surface area (Å²) in [7, 11) is 0. The van der Waals surface area contributed by atoms with Crippen LogP contribution in [0.25, 0.3) is 0 Å². The zero-order valence-corrected chi connectivity index (χ0v) is 14.0. The van der Waals surface area contributed by atoms with Gasteiger partial charge in [-0.25, -0.2) is 0 Å². The maximum absolute atomic E-state index is 12.1. The first-order chi connectivity index (χ1) is 11.6. The van der Waals surface area contributed by atoms with Crippen molar-refractivity contribution in [1.82, 2.24) is 21.7 Å². The lowest BCUT2D eigenvalue weighted by atomic mass is 10.0. The normalized spacial score (nSPS) is 22.9. The molecule has 1 fully saturated rings. The van der Waals surface area contributed by atoms with E-state index in [0.717, 1.165) is 10.6 Å². The molecule has 9 heteroatoms. The Balaban J connectivity index is 1.57. The monoisotopic (exact) mass is 349 g/mol. The molecule has 0 aromatic heterocycles. The number of hydrazine groups is 2. The van der Waals surface area contributed by atoms with Crippen LogP contribution < -0.4 is 26.6 Å². The molecule has 0 aliphatic carbocycles. The van der Waals surface area contributed by atoms with Crippen molar-refractivity contribution in [3.05, 3.63) is 24.3 Å². The minimum Gasteiger partial charge on any atom is -0.301 e. The van der Waals surface area contributed by atoms with Gasteiger partial charge in [-0.3, -0.25) is 36.1 Å². The number of carbonyl (C=O) groups is 3. The van der Waals surface area contributed by atoms with Crippen LogP contribution in [0.5, 0.6) is 0 Å². The summed E-state index contributed by atoms with van der Waals surface area (Å²) in [6.45, 7) is 2.25. The quantitative estimate of drug-likeness (QED) is 0.543. The van der Waals surface area contributed by atoms with Crippen molar-refractivity contribution in [1.29, 1.82) is 0 Å². The largest absolute Gasteiger partial charge is 0.301 e. The maximum atomic E-state index is 12.1. The molecule has 2 aliphatic rings. The molecule has 0 saturated carbocycles. The van der Waals surface area contributed by atoms with Crippen LogP contribution in [0, 0.1) is 5.92 Å². The minimum absolute atomic E-state index is 0.0190. The van der Waals surface area contributed by atoms with E-state index in [9.17, 15) is 14.4 Å². The van der Waals surface area contributed by atoms with Crippen LogP contribution in [-0.4, -0.2) is 42.6 Å². The average Bonchev–Trinajstić information content (AvgIpc) is 3.01. The summed E-state index contributed by atoms with van der Waals surface area (Å²) in [4.78, 5) is 38.6.